The van der Waals surface area contributed by atoms with E-state index in [2.05, 4.69) is 26.9 Å². The second-order valence-electron chi connectivity index (χ2n) is 4.95. The summed E-state index contributed by atoms with van der Waals surface area (Å²) < 4.78 is 0. The summed E-state index contributed by atoms with van der Waals surface area (Å²) in [5.74, 6) is 0.875. The van der Waals surface area contributed by atoms with E-state index in [4.69, 9.17) is 16.9 Å². The van der Waals surface area contributed by atoms with Gasteiger partial charge in [-0.25, -0.2) is 4.98 Å². The first kappa shape index (κ1) is 13.7. The number of hydrogen-bond donors (Lipinski definition) is 0. The maximum atomic E-state index is 8.93. The minimum absolute atomic E-state index is 0.463. The fraction of sp³-hybridized carbons (Fsp3) is 0.250. The second-order valence-corrected chi connectivity index (χ2v) is 5.38. The Bertz CT molecular complexity index is 672. The van der Waals surface area contributed by atoms with Gasteiger partial charge in [-0.1, -0.05) is 23.7 Å². The molecule has 0 saturated carbocycles. The summed E-state index contributed by atoms with van der Waals surface area (Å²) in [6, 6.07) is 15.6. The van der Waals surface area contributed by atoms with Gasteiger partial charge in [0.05, 0.1) is 0 Å². The molecule has 1 saturated heterocycles. The SMILES string of the molecule is N#Cc1cccc(N2CCN(c3cccc(Cl)c3)CC2)n1. The van der Waals surface area contributed by atoms with Gasteiger partial charge in [0.1, 0.15) is 17.6 Å². The molecule has 21 heavy (non-hydrogen) atoms. The number of piperazine rings is 1. The highest BCUT2D eigenvalue weighted by Gasteiger charge is 2.18. The van der Waals surface area contributed by atoms with Crippen LogP contribution in [0.3, 0.4) is 0 Å². The molecule has 0 N–H and O–H groups in total. The van der Waals surface area contributed by atoms with Gasteiger partial charge in [0, 0.05) is 36.9 Å². The van der Waals surface area contributed by atoms with E-state index < -0.39 is 0 Å². The molecule has 0 aliphatic carbocycles. The number of pyridine rings is 1. The molecule has 5 heteroatoms. The second kappa shape index (κ2) is 6.02. The van der Waals surface area contributed by atoms with Crippen molar-refractivity contribution in [2.24, 2.45) is 0 Å². The first-order chi connectivity index (χ1) is 10.3. The standard InChI is InChI=1S/C16H15ClN4/c17-13-3-1-5-15(11-13)20-7-9-21(10-8-20)16-6-2-4-14(12-18)19-16/h1-6,11H,7-10H2. The molecule has 2 aromatic rings. The maximum absolute atomic E-state index is 8.93. The molecule has 106 valence electrons. The summed E-state index contributed by atoms with van der Waals surface area (Å²) in [7, 11) is 0. The van der Waals surface area contributed by atoms with Crippen molar-refractivity contribution < 1.29 is 0 Å². The Labute approximate surface area is 129 Å². The Morgan fingerprint density at radius 2 is 1.71 bits per heavy atom. The van der Waals surface area contributed by atoms with E-state index in [9.17, 15) is 0 Å². The van der Waals surface area contributed by atoms with Gasteiger partial charge in [-0.15, -0.1) is 0 Å². The van der Waals surface area contributed by atoms with Crippen molar-refractivity contribution in [3.05, 3.63) is 53.2 Å². The summed E-state index contributed by atoms with van der Waals surface area (Å²) in [5, 5.41) is 9.69. The predicted molar refractivity (Wildman–Crippen MR) is 84.8 cm³/mol. The molecule has 0 amide bonds. The van der Waals surface area contributed by atoms with Crippen molar-refractivity contribution in [2.75, 3.05) is 36.0 Å². The van der Waals surface area contributed by atoms with E-state index in [1.165, 1.54) is 0 Å². The Morgan fingerprint density at radius 3 is 2.43 bits per heavy atom. The molecule has 2 heterocycles. The zero-order chi connectivity index (χ0) is 14.7. The average molecular weight is 299 g/mol. The molecule has 1 aliphatic rings. The van der Waals surface area contributed by atoms with Gasteiger partial charge in [0.15, 0.2) is 0 Å². The van der Waals surface area contributed by atoms with E-state index in [1.54, 1.807) is 6.07 Å². The first-order valence-electron chi connectivity index (χ1n) is 6.89. The largest absolute Gasteiger partial charge is 0.368 e. The Kier molecular flexibility index (Phi) is 3.94. The van der Waals surface area contributed by atoms with Gasteiger partial charge < -0.3 is 9.80 Å². The summed E-state index contributed by atoms with van der Waals surface area (Å²) in [4.78, 5) is 8.88. The molecule has 3 rings (SSSR count). The molecule has 0 atom stereocenters. The molecule has 1 aromatic heterocycles. The van der Waals surface area contributed by atoms with Gasteiger partial charge in [-0.3, -0.25) is 0 Å². The van der Waals surface area contributed by atoms with Crippen LogP contribution >= 0.6 is 11.6 Å². The van der Waals surface area contributed by atoms with Crippen LogP contribution in [0, 0.1) is 11.3 Å². The van der Waals surface area contributed by atoms with Crippen LogP contribution in [0.15, 0.2) is 42.5 Å². The minimum atomic E-state index is 0.463. The summed E-state index contributed by atoms with van der Waals surface area (Å²) in [6.45, 7) is 3.60. The summed E-state index contributed by atoms with van der Waals surface area (Å²) in [6.07, 6.45) is 0. The van der Waals surface area contributed by atoms with E-state index >= 15 is 0 Å². The number of halogens is 1. The molecule has 0 unspecified atom stereocenters. The molecule has 0 radical (unpaired) electrons. The third-order valence-corrected chi connectivity index (χ3v) is 3.86. The highest BCUT2D eigenvalue weighted by atomic mass is 35.5. The van der Waals surface area contributed by atoms with Gasteiger partial charge in [0.25, 0.3) is 0 Å². The Morgan fingerprint density at radius 1 is 1.00 bits per heavy atom. The van der Waals surface area contributed by atoms with Crippen LogP contribution < -0.4 is 9.80 Å². The molecule has 0 bridgehead atoms. The first-order valence-corrected chi connectivity index (χ1v) is 7.27. The van der Waals surface area contributed by atoms with Crippen LogP contribution in [0.1, 0.15) is 5.69 Å². The van der Waals surface area contributed by atoms with E-state index in [1.807, 2.05) is 30.3 Å². The zero-order valence-corrected chi connectivity index (χ0v) is 12.3. The minimum Gasteiger partial charge on any atom is -0.368 e. The lowest BCUT2D eigenvalue weighted by Crippen LogP contribution is -2.46. The molecule has 1 aromatic carbocycles. The lowest BCUT2D eigenvalue weighted by Gasteiger charge is -2.36. The topological polar surface area (TPSA) is 43.2 Å². The molecule has 0 spiro atoms. The highest BCUT2D eigenvalue weighted by Crippen LogP contribution is 2.22. The quantitative estimate of drug-likeness (QED) is 0.855. The Balaban J connectivity index is 1.69. The van der Waals surface area contributed by atoms with Gasteiger partial charge in [-0.2, -0.15) is 5.26 Å². The van der Waals surface area contributed by atoms with Crippen LogP contribution in [0.5, 0.6) is 0 Å². The van der Waals surface area contributed by atoms with E-state index in [0.717, 1.165) is 42.7 Å². The van der Waals surface area contributed by atoms with Crippen molar-refractivity contribution in [3.8, 4) is 6.07 Å². The lowest BCUT2D eigenvalue weighted by atomic mass is 10.2. The number of benzene rings is 1. The normalized spacial score (nSPS) is 14.9. The van der Waals surface area contributed by atoms with Crippen LogP contribution in [-0.2, 0) is 0 Å². The number of hydrogen-bond acceptors (Lipinski definition) is 4. The van der Waals surface area contributed by atoms with Gasteiger partial charge in [0.2, 0.25) is 0 Å². The number of aromatic nitrogens is 1. The van der Waals surface area contributed by atoms with Crippen molar-refractivity contribution in [3.63, 3.8) is 0 Å². The third-order valence-electron chi connectivity index (χ3n) is 3.63. The molecular formula is C16H15ClN4. The van der Waals surface area contributed by atoms with Crippen molar-refractivity contribution in [1.29, 1.82) is 5.26 Å². The number of nitrogens with zero attached hydrogens (tertiary/aromatic N) is 4. The number of nitriles is 1. The number of rotatable bonds is 2. The van der Waals surface area contributed by atoms with Crippen LogP contribution in [-0.4, -0.2) is 31.2 Å². The summed E-state index contributed by atoms with van der Waals surface area (Å²) in [5.41, 5.74) is 1.62. The smallest absolute Gasteiger partial charge is 0.142 e. The number of anilines is 2. The molecule has 1 aliphatic heterocycles. The fourth-order valence-corrected chi connectivity index (χ4v) is 2.71. The average Bonchev–Trinajstić information content (AvgIpc) is 2.55. The summed E-state index contributed by atoms with van der Waals surface area (Å²) >= 11 is 6.04. The fourth-order valence-electron chi connectivity index (χ4n) is 2.53. The monoisotopic (exact) mass is 298 g/mol. The Hall–Kier alpha value is -2.25. The molecule has 4 nitrogen and oxygen atoms in total. The van der Waals surface area contributed by atoms with Crippen LogP contribution in [0.25, 0.3) is 0 Å². The maximum Gasteiger partial charge on any atom is 0.142 e. The van der Waals surface area contributed by atoms with Crippen molar-refractivity contribution in [2.45, 2.75) is 0 Å². The third kappa shape index (κ3) is 3.09. The van der Waals surface area contributed by atoms with Crippen LogP contribution in [0.2, 0.25) is 5.02 Å². The highest BCUT2D eigenvalue weighted by molar-refractivity contribution is 6.30. The van der Waals surface area contributed by atoms with Crippen LogP contribution in [0.4, 0.5) is 11.5 Å². The van der Waals surface area contributed by atoms with Crippen molar-refractivity contribution >= 4 is 23.1 Å². The zero-order valence-electron chi connectivity index (χ0n) is 11.5. The van der Waals surface area contributed by atoms with Gasteiger partial charge in [-0.05, 0) is 30.3 Å². The van der Waals surface area contributed by atoms with Crippen molar-refractivity contribution in [1.82, 2.24) is 4.98 Å². The van der Waals surface area contributed by atoms with E-state index in [0.29, 0.717) is 5.69 Å². The van der Waals surface area contributed by atoms with E-state index in [-0.39, 0.29) is 0 Å². The predicted octanol–water partition coefficient (Wildman–Crippen LogP) is 2.93. The molecular weight excluding hydrogens is 284 g/mol. The molecule has 1 fully saturated rings. The lowest BCUT2D eigenvalue weighted by molar-refractivity contribution is 0.647. The van der Waals surface area contributed by atoms with Gasteiger partial charge >= 0.3 is 0 Å².